The van der Waals surface area contributed by atoms with Gasteiger partial charge in [-0.2, -0.15) is 4.98 Å². The molecule has 4 nitrogen and oxygen atoms in total. The fourth-order valence-electron chi connectivity index (χ4n) is 1.99. The standard InChI is InChI=1S/C17H13FN2O2S/c18-14-8-6-13(7-9-14)15(21)11-23-17-19-16(20-22-17)10-12-4-2-1-3-5-12/h1-9H,10-11H2. The molecule has 0 fully saturated rings. The summed E-state index contributed by atoms with van der Waals surface area (Å²) in [6.07, 6.45) is 0.580. The van der Waals surface area contributed by atoms with E-state index in [0.29, 0.717) is 23.0 Å². The Morgan fingerprint density at radius 1 is 1.09 bits per heavy atom. The third-order valence-corrected chi connectivity index (χ3v) is 3.97. The molecule has 3 rings (SSSR count). The van der Waals surface area contributed by atoms with Crippen molar-refractivity contribution in [2.75, 3.05) is 5.75 Å². The van der Waals surface area contributed by atoms with E-state index in [2.05, 4.69) is 10.1 Å². The minimum absolute atomic E-state index is 0.113. The number of benzene rings is 2. The van der Waals surface area contributed by atoms with Crippen LogP contribution in [0.25, 0.3) is 0 Å². The van der Waals surface area contributed by atoms with Crippen LogP contribution in [0.3, 0.4) is 0 Å². The van der Waals surface area contributed by atoms with Crippen molar-refractivity contribution in [3.63, 3.8) is 0 Å². The van der Waals surface area contributed by atoms with Crippen molar-refractivity contribution < 1.29 is 13.7 Å². The maximum atomic E-state index is 12.8. The second-order valence-electron chi connectivity index (χ2n) is 4.86. The Morgan fingerprint density at radius 2 is 1.83 bits per heavy atom. The smallest absolute Gasteiger partial charge is 0.286 e. The first-order valence-corrected chi connectivity index (χ1v) is 7.97. The van der Waals surface area contributed by atoms with Crippen LogP contribution in [0.1, 0.15) is 21.7 Å². The second-order valence-corrected chi connectivity index (χ2v) is 5.78. The average Bonchev–Trinajstić information content (AvgIpc) is 3.02. The van der Waals surface area contributed by atoms with E-state index in [0.717, 1.165) is 5.56 Å². The molecule has 0 unspecified atom stereocenters. The summed E-state index contributed by atoms with van der Waals surface area (Å²) in [5.74, 6) is 0.265. The number of thioether (sulfide) groups is 1. The van der Waals surface area contributed by atoms with Gasteiger partial charge in [-0.05, 0) is 29.8 Å². The van der Waals surface area contributed by atoms with Crippen LogP contribution in [0.2, 0.25) is 0 Å². The highest BCUT2D eigenvalue weighted by Gasteiger charge is 2.12. The zero-order valence-electron chi connectivity index (χ0n) is 12.1. The number of nitrogens with zero attached hydrogens (tertiary/aromatic N) is 2. The van der Waals surface area contributed by atoms with Gasteiger partial charge in [-0.15, -0.1) is 0 Å². The molecule has 0 aliphatic heterocycles. The second kappa shape index (κ2) is 7.19. The van der Waals surface area contributed by atoms with E-state index in [9.17, 15) is 9.18 Å². The molecule has 3 aromatic rings. The van der Waals surface area contributed by atoms with Crippen LogP contribution in [0, 0.1) is 5.82 Å². The highest BCUT2D eigenvalue weighted by atomic mass is 32.2. The number of Topliss-reactive ketones (excluding diaryl/α,β-unsaturated/α-hetero) is 1. The maximum Gasteiger partial charge on any atom is 0.286 e. The minimum Gasteiger partial charge on any atom is -0.327 e. The van der Waals surface area contributed by atoms with Crippen LogP contribution in [-0.2, 0) is 6.42 Å². The Labute approximate surface area is 136 Å². The summed E-state index contributed by atoms with van der Waals surface area (Å²) in [6, 6.07) is 15.3. The van der Waals surface area contributed by atoms with Crippen LogP contribution in [0.5, 0.6) is 0 Å². The molecule has 116 valence electrons. The highest BCUT2D eigenvalue weighted by molar-refractivity contribution is 7.99. The lowest BCUT2D eigenvalue weighted by Crippen LogP contribution is -2.02. The number of rotatable bonds is 6. The number of carbonyl (C=O) groups excluding carboxylic acids is 1. The van der Waals surface area contributed by atoms with E-state index in [1.165, 1.54) is 36.0 Å². The van der Waals surface area contributed by atoms with Gasteiger partial charge in [0.2, 0.25) is 0 Å². The molecule has 1 aromatic heterocycles. The lowest BCUT2D eigenvalue weighted by Gasteiger charge is -1.98. The molecule has 0 atom stereocenters. The van der Waals surface area contributed by atoms with E-state index >= 15 is 0 Å². The molecular formula is C17H13FN2O2S. The Hall–Kier alpha value is -2.47. The first kappa shape index (κ1) is 15.4. The topological polar surface area (TPSA) is 56.0 Å². The minimum atomic E-state index is -0.364. The largest absolute Gasteiger partial charge is 0.327 e. The quantitative estimate of drug-likeness (QED) is 0.509. The Morgan fingerprint density at radius 3 is 2.57 bits per heavy atom. The molecule has 2 aromatic carbocycles. The molecule has 0 amide bonds. The van der Waals surface area contributed by atoms with E-state index in [1.807, 2.05) is 30.3 Å². The van der Waals surface area contributed by atoms with Gasteiger partial charge in [0.25, 0.3) is 5.22 Å². The summed E-state index contributed by atoms with van der Waals surface area (Å²) < 4.78 is 18.0. The van der Waals surface area contributed by atoms with E-state index in [4.69, 9.17) is 4.52 Å². The molecular weight excluding hydrogens is 315 g/mol. The Bertz CT molecular complexity index is 788. The molecule has 0 spiro atoms. The summed E-state index contributed by atoms with van der Waals surface area (Å²) >= 11 is 1.18. The predicted octanol–water partition coefficient (Wildman–Crippen LogP) is 3.77. The number of hydrogen-bond acceptors (Lipinski definition) is 5. The third kappa shape index (κ3) is 4.26. The van der Waals surface area contributed by atoms with Crippen molar-refractivity contribution in [3.8, 4) is 0 Å². The number of ketones is 1. The van der Waals surface area contributed by atoms with E-state index in [1.54, 1.807) is 0 Å². The number of carbonyl (C=O) groups is 1. The zero-order chi connectivity index (χ0) is 16.1. The Balaban J connectivity index is 1.57. The normalized spacial score (nSPS) is 10.7. The molecule has 0 bridgehead atoms. The molecule has 0 aliphatic rings. The van der Waals surface area contributed by atoms with Crippen molar-refractivity contribution in [1.82, 2.24) is 10.1 Å². The van der Waals surface area contributed by atoms with Gasteiger partial charge in [0.15, 0.2) is 11.6 Å². The van der Waals surface area contributed by atoms with Gasteiger partial charge in [0.1, 0.15) is 5.82 Å². The predicted molar refractivity (Wildman–Crippen MR) is 85.0 cm³/mol. The summed E-state index contributed by atoms with van der Waals surface area (Å²) in [5, 5.41) is 4.26. The van der Waals surface area contributed by atoms with Crippen molar-refractivity contribution in [1.29, 1.82) is 0 Å². The van der Waals surface area contributed by atoms with Gasteiger partial charge in [-0.25, -0.2) is 4.39 Å². The fourth-order valence-corrected chi connectivity index (χ4v) is 2.67. The van der Waals surface area contributed by atoms with Crippen LogP contribution in [-0.4, -0.2) is 21.7 Å². The first-order valence-electron chi connectivity index (χ1n) is 6.99. The van der Waals surface area contributed by atoms with Gasteiger partial charge in [0.05, 0.1) is 5.75 Å². The van der Waals surface area contributed by atoms with Crippen molar-refractivity contribution in [3.05, 3.63) is 77.4 Å². The summed E-state index contributed by atoms with van der Waals surface area (Å²) in [5.41, 5.74) is 1.55. The summed E-state index contributed by atoms with van der Waals surface area (Å²) in [4.78, 5) is 16.3. The number of halogens is 1. The van der Waals surface area contributed by atoms with E-state index < -0.39 is 0 Å². The zero-order valence-corrected chi connectivity index (χ0v) is 12.9. The SMILES string of the molecule is O=C(CSc1nc(Cc2ccccc2)no1)c1ccc(F)cc1. The van der Waals surface area contributed by atoms with Crippen LogP contribution in [0.15, 0.2) is 64.3 Å². The van der Waals surface area contributed by atoms with Crippen molar-refractivity contribution >= 4 is 17.5 Å². The van der Waals surface area contributed by atoms with Crippen LogP contribution >= 0.6 is 11.8 Å². The van der Waals surface area contributed by atoms with Gasteiger partial charge in [0, 0.05) is 12.0 Å². The molecule has 0 saturated heterocycles. The fraction of sp³-hybridized carbons (Fsp3) is 0.118. The molecule has 0 N–H and O–H groups in total. The van der Waals surface area contributed by atoms with E-state index in [-0.39, 0.29) is 17.4 Å². The number of hydrogen-bond donors (Lipinski definition) is 0. The lowest BCUT2D eigenvalue weighted by molar-refractivity contribution is 0.102. The number of aromatic nitrogens is 2. The molecule has 23 heavy (non-hydrogen) atoms. The summed E-state index contributed by atoms with van der Waals surface area (Å²) in [7, 11) is 0. The maximum absolute atomic E-state index is 12.8. The lowest BCUT2D eigenvalue weighted by atomic mass is 10.1. The monoisotopic (exact) mass is 328 g/mol. The highest BCUT2D eigenvalue weighted by Crippen LogP contribution is 2.18. The van der Waals surface area contributed by atoms with Gasteiger partial charge >= 0.3 is 0 Å². The molecule has 0 aliphatic carbocycles. The molecule has 6 heteroatoms. The van der Waals surface area contributed by atoms with Crippen LogP contribution in [0.4, 0.5) is 4.39 Å². The van der Waals surface area contributed by atoms with Crippen molar-refractivity contribution in [2.45, 2.75) is 11.6 Å². The average molecular weight is 328 g/mol. The summed E-state index contributed by atoms with van der Waals surface area (Å²) in [6.45, 7) is 0. The molecule has 1 heterocycles. The Kier molecular flexibility index (Phi) is 4.83. The molecule has 0 saturated carbocycles. The van der Waals surface area contributed by atoms with Gasteiger partial charge in [-0.1, -0.05) is 47.3 Å². The molecule has 0 radical (unpaired) electrons. The first-order chi connectivity index (χ1) is 11.2. The van der Waals surface area contributed by atoms with Gasteiger partial charge in [-0.3, -0.25) is 4.79 Å². The van der Waals surface area contributed by atoms with Crippen molar-refractivity contribution in [2.24, 2.45) is 0 Å². The van der Waals surface area contributed by atoms with Crippen LogP contribution < -0.4 is 0 Å². The third-order valence-electron chi connectivity index (χ3n) is 3.15. The van der Waals surface area contributed by atoms with Gasteiger partial charge < -0.3 is 4.52 Å².